The fourth-order valence-electron chi connectivity index (χ4n) is 2.52. The number of fused-ring (bicyclic) bond motifs is 3. The van der Waals surface area contributed by atoms with Crippen LogP contribution < -0.4 is 5.32 Å². The van der Waals surface area contributed by atoms with E-state index in [4.69, 9.17) is 4.42 Å². The van der Waals surface area contributed by atoms with Crippen molar-refractivity contribution in [2.24, 2.45) is 0 Å². The number of carboxylic acid groups (broad SMARTS) is 1. The van der Waals surface area contributed by atoms with Crippen LogP contribution in [0.15, 0.2) is 46.9 Å². The maximum Gasteiger partial charge on any atom is 0.321 e. The number of furan rings is 1. The molecule has 0 bridgehead atoms. The van der Waals surface area contributed by atoms with E-state index < -0.39 is 12.0 Å². The Morgan fingerprint density at radius 3 is 2.71 bits per heavy atom. The van der Waals surface area contributed by atoms with Crippen molar-refractivity contribution in [3.05, 3.63) is 48.0 Å². The minimum Gasteiger partial charge on any atom is -0.480 e. The van der Waals surface area contributed by atoms with Gasteiger partial charge in [-0.1, -0.05) is 30.3 Å². The lowest BCUT2D eigenvalue weighted by atomic mass is 10.0. The van der Waals surface area contributed by atoms with Crippen molar-refractivity contribution in [3.8, 4) is 0 Å². The number of rotatable bonds is 5. The van der Waals surface area contributed by atoms with E-state index in [0.717, 1.165) is 27.5 Å². The van der Waals surface area contributed by atoms with Gasteiger partial charge in [-0.25, -0.2) is 0 Å². The van der Waals surface area contributed by atoms with Crippen LogP contribution in [-0.2, 0) is 11.2 Å². The average molecular weight is 301 g/mol. The molecular formula is C16H16NO3P. The van der Waals surface area contributed by atoms with Crippen LogP contribution >= 0.6 is 9.24 Å². The first-order chi connectivity index (χ1) is 10.2. The minimum absolute atomic E-state index is 0.427. The predicted octanol–water partition coefficient (Wildman–Crippen LogP) is 3.00. The molecule has 5 heteroatoms. The van der Waals surface area contributed by atoms with Crippen LogP contribution in [0, 0.1) is 0 Å². The number of para-hydroxylation sites is 1. The zero-order valence-electron chi connectivity index (χ0n) is 11.4. The molecule has 0 aliphatic carbocycles. The first kappa shape index (κ1) is 14.1. The predicted molar refractivity (Wildman–Crippen MR) is 86.6 cm³/mol. The molecule has 0 spiro atoms. The number of aliphatic carboxylic acids is 1. The Balaban J connectivity index is 1.97. The topological polar surface area (TPSA) is 62.5 Å². The molecule has 2 N–H and O–H groups in total. The van der Waals surface area contributed by atoms with Gasteiger partial charge in [-0.15, -0.1) is 9.24 Å². The third-order valence-electron chi connectivity index (χ3n) is 3.55. The summed E-state index contributed by atoms with van der Waals surface area (Å²) in [6.45, 7) is 0. The van der Waals surface area contributed by atoms with Crippen LogP contribution in [0.1, 0.15) is 5.56 Å². The van der Waals surface area contributed by atoms with Gasteiger partial charge in [0.2, 0.25) is 0 Å². The first-order valence-corrected chi connectivity index (χ1v) is 7.57. The van der Waals surface area contributed by atoms with Crippen molar-refractivity contribution in [1.29, 1.82) is 0 Å². The molecular weight excluding hydrogens is 285 g/mol. The smallest absolute Gasteiger partial charge is 0.321 e. The summed E-state index contributed by atoms with van der Waals surface area (Å²) >= 11 is 0. The highest BCUT2D eigenvalue weighted by Gasteiger charge is 2.17. The summed E-state index contributed by atoms with van der Waals surface area (Å²) in [5.74, 6) is -0.845. The Bertz CT molecular complexity index is 796. The molecule has 3 rings (SSSR count). The van der Waals surface area contributed by atoms with E-state index in [1.807, 2.05) is 42.5 Å². The SMILES string of the molecule is O=C(O)[C@H](Cc1ccc2c(c1)oc1ccccc12)NCP. The fourth-order valence-corrected chi connectivity index (χ4v) is 2.81. The van der Waals surface area contributed by atoms with Gasteiger partial charge in [-0.05, 0) is 24.1 Å². The van der Waals surface area contributed by atoms with Gasteiger partial charge < -0.3 is 14.8 Å². The van der Waals surface area contributed by atoms with E-state index in [1.54, 1.807) is 0 Å². The molecule has 1 aromatic heterocycles. The summed E-state index contributed by atoms with van der Waals surface area (Å²) in [4.78, 5) is 11.2. The quantitative estimate of drug-likeness (QED) is 0.711. The molecule has 108 valence electrons. The molecule has 0 fully saturated rings. The van der Waals surface area contributed by atoms with Crippen molar-refractivity contribution in [1.82, 2.24) is 5.32 Å². The normalized spacial score (nSPS) is 12.8. The molecule has 1 unspecified atom stereocenters. The Kier molecular flexibility index (Phi) is 3.91. The van der Waals surface area contributed by atoms with Crippen molar-refractivity contribution in [2.45, 2.75) is 12.5 Å². The molecule has 0 aliphatic heterocycles. The summed E-state index contributed by atoms with van der Waals surface area (Å²) in [5, 5.41) is 14.3. The molecule has 1 heterocycles. The van der Waals surface area contributed by atoms with Gasteiger partial charge in [0.25, 0.3) is 0 Å². The maximum atomic E-state index is 11.2. The van der Waals surface area contributed by atoms with Gasteiger partial charge in [0.05, 0.1) is 0 Å². The summed E-state index contributed by atoms with van der Waals surface area (Å²) in [7, 11) is 2.48. The van der Waals surface area contributed by atoms with Crippen LogP contribution in [0.25, 0.3) is 21.9 Å². The summed E-state index contributed by atoms with van der Waals surface area (Å²) in [5.41, 5.74) is 2.59. The standard InChI is InChI=1S/C16H16NO3P/c18-16(19)13(17-9-21)7-10-5-6-12-11-3-1-2-4-14(11)20-15(12)8-10/h1-6,8,13,17H,7,9,21H2,(H,18,19)/t13-/m0/s1. The van der Waals surface area contributed by atoms with Crippen molar-refractivity contribution >= 4 is 37.1 Å². The van der Waals surface area contributed by atoms with Crippen LogP contribution in [0.5, 0.6) is 0 Å². The Morgan fingerprint density at radius 2 is 1.95 bits per heavy atom. The zero-order chi connectivity index (χ0) is 14.8. The number of hydrogen-bond acceptors (Lipinski definition) is 3. The Labute approximate surface area is 124 Å². The number of benzene rings is 2. The van der Waals surface area contributed by atoms with Gasteiger partial charge in [0.15, 0.2) is 0 Å². The van der Waals surface area contributed by atoms with Gasteiger partial charge in [0.1, 0.15) is 17.2 Å². The summed E-state index contributed by atoms with van der Waals surface area (Å²) in [6.07, 6.45) is 0.973. The lowest BCUT2D eigenvalue weighted by Crippen LogP contribution is -2.37. The van der Waals surface area contributed by atoms with Crippen LogP contribution in [0.4, 0.5) is 0 Å². The Morgan fingerprint density at radius 1 is 1.19 bits per heavy atom. The summed E-state index contributed by atoms with van der Waals surface area (Å²) < 4.78 is 5.82. The van der Waals surface area contributed by atoms with E-state index in [-0.39, 0.29) is 0 Å². The zero-order valence-corrected chi connectivity index (χ0v) is 12.5. The van der Waals surface area contributed by atoms with E-state index in [9.17, 15) is 9.90 Å². The molecule has 0 aliphatic rings. The third kappa shape index (κ3) is 2.78. The van der Waals surface area contributed by atoms with Gasteiger partial charge in [-0.2, -0.15) is 0 Å². The molecule has 0 saturated carbocycles. The summed E-state index contributed by atoms with van der Waals surface area (Å²) in [6, 6.07) is 13.2. The van der Waals surface area contributed by atoms with Gasteiger partial charge in [-0.3, -0.25) is 4.79 Å². The van der Waals surface area contributed by atoms with E-state index in [1.165, 1.54) is 0 Å². The second-order valence-electron chi connectivity index (χ2n) is 4.93. The first-order valence-electron chi connectivity index (χ1n) is 6.75. The largest absolute Gasteiger partial charge is 0.480 e. The molecule has 3 aromatic rings. The van der Waals surface area contributed by atoms with Crippen molar-refractivity contribution in [2.75, 3.05) is 6.29 Å². The molecule has 2 aromatic carbocycles. The minimum atomic E-state index is -0.845. The molecule has 2 atom stereocenters. The second kappa shape index (κ2) is 5.84. The number of carboxylic acids is 1. The molecule has 0 saturated heterocycles. The number of hydrogen-bond donors (Lipinski definition) is 2. The van der Waals surface area contributed by atoms with E-state index >= 15 is 0 Å². The van der Waals surface area contributed by atoms with Crippen LogP contribution in [0.2, 0.25) is 0 Å². The Hall–Kier alpha value is -1.90. The third-order valence-corrected chi connectivity index (χ3v) is 3.78. The molecule has 0 amide bonds. The van der Waals surface area contributed by atoms with Crippen LogP contribution in [0.3, 0.4) is 0 Å². The maximum absolute atomic E-state index is 11.2. The fraction of sp³-hybridized carbons (Fsp3) is 0.188. The van der Waals surface area contributed by atoms with Crippen molar-refractivity contribution in [3.63, 3.8) is 0 Å². The average Bonchev–Trinajstić information content (AvgIpc) is 2.84. The lowest BCUT2D eigenvalue weighted by Gasteiger charge is -2.12. The monoisotopic (exact) mass is 301 g/mol. The highest BCUT2D eigenvalue weighted by atomic mass is 31.0. The molecule has 0 radical (unpaired) electrons. The van der Waals surface area contributed by atoms with E-state index in [0.29, 0.717) is 12.7 Å². The highest BCUT2D eigenvalue weighted by Crippen LogP contribution is 2.29. The van der Waals surface area contributed by atoms with Crippen molar-refractivity contribution < 1.29 is 14.3 Å². The van der Waals surface area contributed by atoms with Gasteiger partial charge >= 0.3 is 5.97 Å². The molecule has 21 heavy (non-hydrogen) atoms. The van der Waals surface area contributed by atoms with E-state index in [2.05, 4.69) is 14.6 Å². The van der Waals surface area contributed by atoms with Gasteiger partial charge in [0, 0.05) is 17.1 Å². The molecule has 4 nitrogen and oxygen atoms in total. The second-order valence-corrected chi connectivity index (χ2v) is 5.34. The van der Waals surface area contributed by atoms with Crippen LogP contribution in [-0.4, -0.2) is 23.4 Å². The lowest BCUT2D eigenvalue weighted by molar-refractivity contribution is -0.139. The number of nitrogens with one attached hydrogen (secondary N) is 1. The highest BCUT2D eigenvalue weighted by molar-refractivity contribution is 7.16. The number of carbonyl (C=O) groups is 1.